The minimum atomic E-state index is 0.0367. The highest BCUT2D eigenvalue weighted by molar-refractivity contribution is 5.85. The molecule has 114 valence electrons. The van der Waals surface area contributed by atoms with E-state index in [0.29, 0.717) is 6.54 Å². The Kier molecular flexibility index (Phi) is 3.17. The third-order valence-corrected chi connectivity index (χ3v) is 6.19. The van der Waals surface area contributed by atoms with Gasteiger partial charge in [0.15, 0.2) is 0 Å². The molecular formula is C18H26N2O. The summed E-state index contributed by atoms with van der Waals surface area (Å²) in [6.45, 7) is 10.1. The molecule has 0 spiro atoms. The van der Waals surface area contributed by atoms with Gasteiger partial charge in [0.05, 0.1) is 6.04 Å². The molecule has 0 saturated heterocycles. The minimum Gasteiger partial charge on any atom is -0.334 e. The molecule has 1 aromatic rings. The summed E-state index contributed by atoms with van der Waals surface area (Å²) < 4.78 is 0. The summed E-state index contributed by atoms with van der Waals surface area (Å²) in [7, 11) is 0. The van der Waals surface area contributed by atoms with Crippen molar-refractivity contribution in [2.24, 2.45) is 22.5 Å². The third kappa shape index (κ3) is 1.94. The van der Waals surface area contributed by atoms with Gasteiger partial charge in [-0.1, -0.05) is 52.0 Å². The molecule has 1 aromatic carbocycles. The van der Waals surface area contributed by atoms with E-state index in [-0.39, 0.29) is 28.7 Å². The topological polar surface area (TPSA) is 46.3 Å². The number of amides is 1. The maximum Gasteiger partial charge on any atom is 0.227 e. The Hall–Kier alpha value is -1.35. The van der Waals surface area contributed by atoms with E-state index in [1.807, 2.05) is 11.0 Å². The molecule has 21 heavy (non-hydrogen) atoms. The van der Waals surface area contributed by atoms with Crippen LogP contribution in [-0.4, -0.2) is 23.9 Å². The van der Waals surface area contributed by atoms with Crippen LogP contribution in [0.2, 0.25) is 0 Å². The Morgan fingerprint density at radius 2 is 1.86 bits per heavy atom. The first-order valence-corrected chi connectivity index (χ1v) is 7.90. The molecule has 3 rings (SSSR count). The lowest BCUT2D eigenvalue weighted by Gasteiger charge is -2.37. The molecule has 1 atom stereocenters. The van der Waals surface area contributed by atoms with Crippen LogP contribution in [0.5, 0.6) is 0 Å². The number of fused-ring (bicyclic) bond motifs is 1. The van der Waals surface area contributed by atoms with Crippen molar-refractivity contribution >= 4 is 5.91 Å². The predicted molar refractivity (Wildman–Crippen MR) is 84.7 cm³/mol. The second-order valence-corrected chi connectivity index (χ2v) is 7.61. The van der Waals surface area contributed by atoms with Gasteiger partial charge in [-0.2, -0.15) is 0 Å². The second kappa shape index (κ2) is 4.57. The van der Waals surface area contributed by atoms with Crippen LogP contribution < -0.4 is 5.73 Å². The smallest absolute Gasteiger partial charge is 0.227 e. The summed E-state index contributed by atoms with van der Waals surface area (Å²) >= 11 is 0. The zero-order valence-corrected chi connectivity index (χ0v) is 13.5. The van der Waals surface area contributed by atoms with Gasteiger partial charge in [-0.25, -0.2) is 0 Å². The van der Waals surface area contributed by atoms with Gasteiger partial charge in [0.1, 0.15) is 0 Å². The average Bonchev–Trinajstić information content (AvgIpc) is 2.86. The van der Waals surface area contributed by atoms with Crippen molar-refractivity contribution in [3.63, 3.8) is 0 Å². The molecule has 3 nitrogen and oxygen atoms in total. The van der Waals surface area contributed by atoms with E-state index < -0.39 is 0 Å². The SMILES string of the molecule is CC1(C)C(C(=O)N2CCc3ccccc3C2CN)C1(C)C. The number of rotatable bonds is 2. The Morgan fingerprint density at radius 3 is 2.43 bits per heavy atom. The van der Waals surface area contributed by atoms with Gasteiger partial charge >= 0.3 is 0 Å². The van der Waals surface area contributed by atoms with Crippen LogP contribution in [0.15, 0.2) is 24.3 Å². The number of benzene rings is 1. The monoisotopic (exact) mass is 286 g/mol. The largest absolute Gasteiger partial charge is 0.334 e. The van der Waals surface area contributed by atoms with E-state index in [4.69, 9.17) is 5.73 Å². The fourth-order valence-corrected chi connectivity index (χ4v) is 4.15. The summed E-state index contributed by atoms with van der Waals surface area (Å²) in [5.74, 6) is 0.402. The third-order valence-electron chi connectivity index (χ3n) is 6.19. The Bertz CT molecular complexity index is 562. The number of carbonyl (C=O) groups excluding carboxylic acids is 1. The van der Waals surface area contributed by atoms with Crippen LogP contribution >= 0.6 is 0 Å². The zero-order valence-electron chi connectivity index (χ0n) is 13.5. The normalized spacial score (nSPS) is 26.3. The standard InChI is InChI=1S/C18H26N2O/c1-17(2)15(18(17,3)4)16(21)20-10-9-12-7-5-6-8-13(12)14(20)11-19/h5-8,14-15H,9-11,19H2,1-4H3. The van der Waals surface area contributed by atoms with Gasteiger partial charge in [0, 0.05) is 19.0 Å². The molecule has 1 unspecified atom stereocenters. The van der Waals surface area contributed by atoms with Crippen molar-refractivity contribution in [2.45, 2.75) is 40.2 Å². The number of carbonyl (C=O) groups is 1. The summed E-state index contributed by atoms with van der Waals surface area (Å²) in [5.41, 5.74) is 8.75. The van der Waals surface area contributed by atoms with Gasteiger partial charge in [0.25, 0.3) is 0 Å². The highest BCUT2D eigenvalue weighted by atomic mass is 16.2. The molecule has 2 aliphatic rings. The van der Waals surface area contributed by atoms with Crippen LogP contribution in [0.4, 0.5) is 0 Å². The van der Waals surface area contributed by atoms with E-state index >= 15 is 0 Å². The average molecular weight is 286 g/mol. The van der Waals surface area contributed by atoms with Crippen LogP contribution in [0.25, 0.3) is 0 Å². The lowest BCUT2D eigenvalue weighted by Crippen LogP contribution is -2.44. The molecule has 0 radical (unpaired) electrons. The Morgan fingerprint density at radius 1 is 1.24 bits per heavy atom. The van der Waals surface area contributed by atoms with Crippen LogP contribution in [0, 0.1) is 16.7 Å². The number of nitrogens with zero attached hydrogens (tertiary/aromatic N) is 1. The van der Waals surface area contributed by atoms with Crippen LogP contribution in [0.3, 0.4) is 0 Å². The first-order chi connectivity index (χ1) is 9.82. The van der Waals surface area contributed by atoms with E-state index in [1.165, 1.54) is 11.1 Å². The molecule has 3 heteroatoms. The van der Waals surface area contributed by atoms with E-state index in [1.54, 1.807) is 0 Å². The highest BCUT2D eigenvalue weighted by Crippen LogP contribution is 2.69. The maximum atomic E-state index is 13.0. The molecule has 0 bridgehead atoms. The van der Waals surface area contributed by atoms with E-state index in [0.717, 1.165) is 13.0 Å². The van der Waals surface area contributed by atoms with Crippen molar-refractivity contribution in [1.82, 2.24) is 4.90 Å². The number of nitrogens with two attached hydrogens (primary N) is 1. The second-order valence-electron chi connectivity index (χ2n) is 7.61. The van der Waals surface area contributed by atoms with Crippen molar-refractivity contribution in [3.05, 3.63) is 35.4 Å². The minimum absolute atomic E-state index is 0.0367. The quantitative estimate of drug-likeness (QED) is 0.908. The summed E-state index contributed by atoms with van der Waals surface area (Å²) in [5, 5.41) is 0. The molecule has 1 amide bonds. The predicted octanol–water partition coefficient (Wildman–Crippen LogP) is 2.75. The van der Waals surface area contributed by atoms with Gasteiger partial charge in [-0.15, -0.1) is 0 Å². The molecule has 2 N–H and O–H groups in total. The lowest BCUT2D eigenvalue weighted by atomic mass is 9.92. The fourth-order valence-electron chi connectivity index (χ4n) is 4.15. The number of hydrogen-bond donors (Lipinski definition) is 1. The molecular weight excluding hydrogens is 260 g/mol. The van der Waals surface area contributed by atoms with Crippen molar-refractivity contribution < 1.29 is 4.79 Å². The number of hydrogen-bond acceptors (Lipinski definition) is 2. The van der Waals surface area contributed by atoms with E-state index in [9.17, 15) is 4.79 Å². The first kappa shape index (κ1) is 14.6. The van der Waals surface area contributed by atoms with Gasteiger partial charge in [-0.05, 0) is 28.4 Å². The van der Waals surface area contributed by atoms with Crippen molar-refractivity contribution in [3.8, 4) is 0 Å². The zero-order chi connectivity index (χ0) is 15.4. The summed E-state index contributed by atoms with van der Waals surface area (Å²) in [6.07, 6.45) is 0.936. The van der Waals surface area contributed by atoms with Gasteiger partial charge in [-0.3, -0.25) is 4.79 Å². The lowest BCUT2D eigenvalue weighted by molar-refractivity contribution is -0.136. The summed E-state index contributed by atoms with van der Waals surface area (Å²) in [6, 6.07) is 8.42. The highest BCUT2D eigenvalue weighted by Gasteiger charge is 2.69. The summed E-state index contributed by atoms with van der Waals surface area (Å²) in [4.78, 5) is 15.1. The molecule has 1 heterocycles. The first-order valence-electron chi connectivity index (χ1n) is 7.90. The van der Waals surface area contributed by atoms with Crippen molar-refractivity contribution in [2.75, 3.05) is 13.1 Å². The van der Waals surface area contributed by atoms with Crippen LogP contribution in [0.1, 0.15) is 44.9 Å². The van der Waals surface area contributed by atoms with Crippen LogP contribution in [-0.2, 0) is 11.2 Å². The maximum absolute atomic E-state index is 13.0. The molecule has 1 saturated carbocycles. The Labute approximate surface area is 127 Å². The fraction of sp³-hybridized carbons (Fsp3) is 0.611. The van der Waals surface area contributed by atoms with Gasteiger partial charge < -0.3 is 10.6 Å². The Balaban J connectivity index is 1.89. The van der Waals surface area contributed by atoms with Crippen molar-refractivity contribution in [1.29, 1.82) is 0 Å². The molecule has 0 aromatic heterocycles. The molecule has 1 aliphatic heterocycles. The van der Waals surface area contributed by atoms with E-state index in [2.05, 4.69) is 45.9 Å². The molecule has 1 fully saturated rings. The molecule has 1 aliphatic carbocycles. The van der Waals surface area contributed by atoms with Gasteiger partial charge in [0.2, 0.25) is 5.91 Å².